The van der Waals surface area contributed by atoms with Crippen molar-refractivity contribution in [1.29, 1.82) is 0 Å². The van der Waals surface area contributed by atoms with Crippen LogP contribution in [0.3, 0.4) is 0 Å². The summed E-state index contributed by atoms with van der Waals surface area (Å²) in [6.45, 7) is 5.25. The van der Waals surface area contributed by atoms with Crippen LogP contribution in [0.1, 0.15) is 30.5 Å². The second-order valence-corrected chi connectivity index (χ2v) is 13.1. The largest absolute Gasteiger partial charge is 0.445 e. The van der Waals surface area contributed by atoms with E-state index in [4.69, 9.17) is 23.7 Å². The van der Waals surface area contributed by atoms with Crippen molar-refractivity contribution >= 4 is 24.6 Å². The van der Waals surface area contributed by atoms with Crippen molar-refractivity contribution in [2.75, 3.05) is 59.0 Å². The third kappa shape index (κ3) is 11.5. The summed E-state index contributed by atoms with van der Waals surface area (Å²) in [5, 5.41) is 0. The van der Waals surface area contributed by atoms with Gasteiger partial charge < -0.3 is 43.2 Å². The first-order valence-corrected chi connectivity index (χ1v) is 17.6. The second kappa shape index (κ2) is 19.0. The maximum Gasteiger partial charge on any atom is 0.410 e. The lowest BCUT2D eigenvalue weighted by Gasteiger charge is -2.36. The maximum absolute atomic E-state index is 13.6. The summed E-state index contributed by atoms with van der Waals surface area (Å²) in [7, 11) is 0. The van der Waals surface area contributed by atoms with Crippen LogP contribution in [0.4, 0.5) is 14.4 Å². The van der Waals surface area contributed by atoms with Crippen molar-refractivity contribution in [3.63, 3.8) is 0 Å². The van der Waals surface area contributed by atoms with E-state index in [9.17, 15) is 19.2 Å². The number of hydrogen-bond donors (Lipinski definition) is 0. The van der Waals surface area contributed by atoms with Crippen LogP contribution < -0.4 is 0 Å². The SMILES string of the molecule is CC1(C)OCC(C(C=O)N2CCN(C(=O)OCc3ccccc3)CCN(C(=O)OCc3ccccc3)CCN(C(=O)OCc3ccccc3)CC2)O1. The summed E-state index contributed by atoms with van der Waals surface area (Å²) in [5.74, 6) is -0.864. The lowest BCUT2D eigenvalue weighted by Crippen LogP contribution is -2.54. The van der Waals surface area contributed by atoms with E-state index in [1.54, 1.807) is 13.8 Å². The lowest BCUT2D eigenvalue weighted by atomic mass is 10.1. The molecule has 278 valence electrons. The molecule has 0 aliphatic carbocycles. The van der Waals surface area contributed by atoms with E-state index in [1.165, 1.54) is 14.7 Å². The number of ether oxygens (including phenoxy) is 5. The molecule has 13 heteroatoms. The monoisotopic (exact) mass is 716 g/mol. The molecule has 2 aliphatic heterocycles. The van der Waals surface area contributed by atoms with E-state index in [2.05, 4.69) is 0 Å². The van der Waals surface area contributed by atoms with Crippen molar-refractivity contribution in [2.45, 2.75) is 51.6 Å². The molecule has 0 spiro atoms. The van der Waals surface area contributed by atoms with Crippen LogP contribution in [-0.4, -0.2) is 121 Å². The van der Waals surface area contributed by atoms with Crippen LogP contribution in [0.2, 0.25) is 0 Å². The van der Waals surface area contributed by atoms with E-state index < -0.39 is 36.2 Å². The number of aldehydes is 1. The summed E-state index contributed by atoms with van der Waals surface area (Å²) >= 11 is 0. The Balaban J connectivity index is 1.36. The highest BCUT2D eigenvalue weighted by molar-refractivity contribution is 5.70. The molecule has 13 nitrogen and oxygen atoms in total. The van der Waals surface area contributed by atoms with Gasteiger partial charge in [-0.25, -0.2) is 14.4 Å². The van der Waals surface area contributed by atoms with E-state index in [1.807, 2.05) is 95.9 Å². The summed E-state index contributed by atoms with van der Waals surface area (Å²) < 4.78 is 29.0. The highest BCUT2D eigenvalue weighted by Crippen LogP contribution is 2.26. The molecule has 0 bridgehead atoms. The minimum absolute atomic E-state index is 0.0631. The lowest BCUT2D eigenvalue weighted by molar-refractivity contribution is -0.149. The van der Waals surface area contributed by atoms with Gasteiger partial charge in [0.1, 0.15) is 32.2 Å². The summed E-state index contributed by atoms with van der Waals surface area (Å²) in [6, 6.07) is 27.3. The Hall–Kier alpha value is -4.98. The van der Waals surface area contributed by atoms with E-state index in [-0.39, 0.29) is 78.8 Å². The van der Waals surface area contributed by atoms with E-state index in [0.717, 1.165) is 23.0 Å². The first-order chi connectivity index (χ1) is 25.2. The van der Waals surface area contributed by atoms with Crippen LogP contribution in [0.15, 0.2) is 91.0 Å². The molecule has 3 amide bonds. The third-order valence-corrected chi connectivity index (χ3v) is 8.96. The van der Waals surface area contributed by atoms with E-state index in [0.29, 0.717) is 0 Å². The maximum atomic E-state index is 13.6. The Bertz CT molecular complexity index is 1510. The molecule has 0 aromatic heterocycles. The Morgan fingerprint density at radius 1 is 0.635 bits per heavy atom. The first-order valence-electron chi connectivity index (χ1n) is 17.6. The smallest absolute Gasteiger partial charge is 0.410 e. The molecule has 0 radical (unpaired) electrons. The van der Waals surface area contributed by atoms with Gasteiger partial charge in [-0.05, 0) is 30.5 Å². The molecular weight excluding hydrogens is 668 g/mol. The normalized spacial score (nSPS) is 19.1. The van der Waals surface area contributed by atoms with Crippen molar-refractivity contribution in [1.82, 2.24) is 19.6 Å². The Morgan fingerprint density at radius 2 is 0.981 bits per heavy atom. The highest BCUT2D eigenvalue weighted by atomic mass is 16.7. The number of benzene rings is 3. The number of rotatable bonds is 9. The van der Waals surface area contributed by atoms with E-state index >= 15 is 0 Å². The van der Waals surface area contributed by atoms with Crippen LogP contribution in [0.25, 0.3) is 0 Å². The molecule has 3 aromatic rings. The van der Waals surface area contributed by atoms with Gasteiger partial charge in [-0.3, -0.25) is 4.90 Å². The predicted octanol–water partition coefficient (Wildman–Crippen LogP) is 4.94. The zero-order valence-electron chi connectivity index (χ0n) is 29.8. The van der Waals surface area contributed by atoms with Crippen LogP contribution in [0, 0.1) is 0 Å². The standard InChI is InChI=1S/C39H48N4O9/c1-39(2)51-30-35(52-39)34(26-44)40-18-20-41(36(45)48-27-31-12-6-3-7-13-31)22-24-43(38(47)50-29-33-16-10-5-11-17-33)25-23-42(21-19-40)37(46)49-28-32-14-8-4-9-15-32/h3-17,26,34-35H,18-25,27-30H2,1-2H3. The van der Waals surface area contributed by atoms with Crippen molar-refractivity contribution in [2.24, 2.45) is 0 Å². The zero-order chi connectivity index (χ0) is 36.8. The van der Waals surface area contributed by atoms with Gasteiger partial charge in [0.15, 0.2) is 5.79 Å². The number of nitrogens with zero attached hydrogens (tertiary/aromatic N) is 4. The molecular formula is C39H48N4O9. The van der Waals surface area contributed by atoms with Gasteiger partial charge in [-0.2, -0.15) is 0 Å². The fourth-order valence-corrected chi connectivity index (χ4v) is 6.00. The third-order valence-electron chi connectivity index (χ3n) is 8.96. The van der Waals surface area contributed by atoms with Gasteiger partial charge >= 0.3 is 18.3 Å². The molecule has 5 rings (SSSR count). The Labute approximate surface area is 304 Å². The molecule has 0 saturated carbocycles. The number of carbonyl (C=O) groups is 4. The number of hydrogen-bond acceptors (Lipinski definition) is 10. The molecule has 0 N–H and O–H groups in total. The van der Waals surface area contributed by atoms with Crippen molar-refractivity contribution < 1.29 is 42.9 Å². The molecule has 2 saturated heterocycles. The van der Waals surface area contributed by atoms with Gasteiger partial charge in [0.25, 0.3) is 0 Å². The molecule has 2 aliphatic rings. The second-order valence-electron chi connectivity index (χ2n) is 13.1. The fourth-order valence-electron chi connectivity index (χ4n) is 6.00. The quantitative estimate of drug-likeness (QED) is 0.222. The van der Waals surface area contributed by atoms with Crippen LogP contribution in [-0.2, 0) is 48.3 Å². The molecule has 2 atom stereocenters. The van der Waals surface area contributed by atoms with Gasteiger partial charge in [0, 0.05) is 52.4 Å². The highest BCUT2D eigenvalue weighted by Gasteiger charge is 2.40. The number of carbonyl (C=O) groups excluding carboxylic acids is 4. The average molecular weight is 717 g/mol. The Morgan fingerprint density at radius 3 is 1.29 bits per heavy atom. The van der Waals surface area contributed by atoms with Gasteiger partial charge in [-0.15, -0.1) is 0 Å². The van der Waals surface area contributed by atoms with Crippen molar-refractivity contribution in [3.8, 4) is 0 Å². The Kier molecular flexibility index (Phi) is 14.0. The molecule has 3 aromatic carbocycles. The molecule has 2 unspecified atom stereocenters. The van der Waals surface area contributed by atoms with Crippen molar-refractivity contribution in [3.05, 3.63) is 108 Å². The minimum Gasteiger partial charge on any atom is -0.445 e. The molecule has 2 heterocycles. The summed E-state index contributed by atoms with van der Waals surface area (Å²) in [6.07, 6.45) is -1.45. The topological polar surface area (TPSA) is 127 Å². The summed E-state index contributed by atoms with van der Waals surface area (Å²) in [5.41, 5.74) is 2.49. The van der Waals surface area contributed by atoms with Gasteiger partial charge in [-0.1, -0.05) is 91.0 Å². The van der Waals surface area contributed by atoms with Crippen LogP contribution >= 0.6 is 0 Å². The molecule has 2 fully saturated rings. The predicted molar refractivity (Wildman–Crippen MR) is 191 cm³/mol. The first kappa shape index (κ1) is 38.3. The van der Waals surface area contributed by atoms with Crippen LogP contribution in [0.5, 0.6) is 0 Å². The molecule has 52 heavy (non-hydrogen) atoms. The minimum atomic E-state index is -0.864. The number of amides is 3. The van der Waals surface area contributed by atoms with Gasteiger partial charge in [0.2, 0.25) is 0 Å². The van der Waals surface area contributed by atoms with Gasteiger partial charge in [0.05, 0.1) is 12.6 Å². The zero-order valence-corrected chi connectivity index (χ0v) is 29.8. The summed E-state index contributed by atoms with van der Waals surface area (Å²) in [4.78, 5) is 59.7. The average Bonchev–Trinajstić information content (AvgIpc) is 3.53. The fraction of sp³-hybridized carbons (Fsp3) is 0.436.